The summed E-state index contributed by atoms with van der Waals surface area (Å²) in [6.45, 7) is 8.87. The van der Waals surface area contributed by atoms with Gasteiger partial charge in [-0.15, -0.1) is 11.6 Å². The van der Waals surface area contributed by atoms with E-state index in [9.17, 15) is 5.11 Å². The van der Waals surface area contributed by atoms with E-state index in [1.807, 2.05) is 30.3 Å². The van der Waals surface area contributed by atoms with Gasteiger partial charge in [-0.2, -0.15) is 0 Å². The molecule has 4 nitrogen and oxygen atoms in total. The number of benzene rings is 2. The topological polar surface area (TPSA) is 58.9 Å². The summed E-state index contributed by atoms with van der Waals surface area (Å²) in [5.74, 6) is 2.46. The standard InChI is InChI=1S/C23H31ClO4/c1-16(12-24)14-28-22-10-7-19(11-17(22)2)23(3,4)18-5-8-21(9-6-18)27-15-20(26)13-25/h5-11,16,20,25-26H,12-15H2,1-4H3/t16-,20-/m1/s1. The first-order chi connectivity index (χ1) is 13.3. The summed E-state index contributed by atoms with van der Waals surface area (Å²) in [5, 5.41) is 18.3. The van der Waals surface area contributed by atoms with Crippen molar-refractivity contribution in [3.05, 3.63) is 59.2 Å². The van der Waals surface area contributed by atoms with Crippen LogP contribution in [0, 0.1) is 12.8 Å². The number of hydrogen-bond acceptors (Lipinski definition) is 4. The molecule has 2 atom stereocenters. The Morgan fingerprint density at radius 3 is 2.21 bits per heavy atom. The molecule has 2 rings (SSSR count). The van der Waals surface area contributed by atoms with Crippen LogP contribution < -0.4 is 9.47 Å². The smallest absolute Gasteiger partial charge is 0.122 e. The van der Waals surface area contributed by atoms with Crippen molar-refractivity contribution in [2.24, 2.45) is 5.92 Å². The molecule has 154 valence electrons. The van der Waals surface area contributed by atoms with Gasteiger partial charge in [-0.25, -0.2) is 0 Å². The van der Waals surface area contributed by atoms with Gasteiger partial charge in [0.15, 0.2) is 0 Å². The third-order valence-electron chi connectivity index (χ3n) is 4.91. The highest BCUT2D eigenvalue weighted by molar-refractivity contribution is 6.18. The SMILES string of the molecule is Cc1cc(C(C)(C)c2ccc(OC[C@H](O)CO)cc2)ccc1OC[C@H](C)CCl. The Kier molecular flexibility index (Phi) is 8.17. The lowest BCUT2D eigenvalue weighted by Crippen LogP contribution is -2.21. The maximum absolute atomic E-state index is 9.39. The molecule has 0 heterocycles. The lowest BCUT2D eigenvalue weighted by atomic mass is 9.77. The summed E-state index contributed by atoms with van der Waals surface area (Å²) in [6.07, 6.45) is -0.868. The van der Waals surface area contributed by atoms with Crippen LogP contribution in [0.25, 0.3) is 0 Å². The van der Waals surface area contributed by atoms with Crippen molar-refractivity contribution in [2.45, 2.75) is 39.2 Å². The van der Waals surface area contributed by atoms with Gasteiger partial charge in [-0.05, 0) is 41.8 Å². The highest BCUT2D eigenvalue weighted by atomic mass is 35.5. The summed E-state index contributed by atoms with van der Waals surface area (Å²) in [4.78, 5) is 0. The van der Waals surface area contributed by atoms with E-state index in [1.54, 1.807) is 0 Å². The van der Waals surface area contributed by atoms with Crippen molar-refractivity contribution in [1.82, 2.24) is 0 Å². The van der Waals surface area contributed by atoms with E-state index in [4.69, 9.17) is 26.2 Å². The normalized spacial score (nSPS) is 13.8. The zero-order chi connectivity index (χ0) is 20.7. The summed E-state index contributed by atoms with van der Waals surface area (Å²) in [6, 6.07) is 14.1. The summed E-state index contributed by atoms with van der Waals surface area (Å²) < 4.78 is 11.4. The molecule has 0 aliphatic heterocycles. The Balaban J connectivity index is 2.11. The van der Waals surface area contributed by atoms with Gasteiger partial charge in [-0.3, -0.25) is 0 Å². The predicted molar refractivity (Wildman–Crippen MR) is 114 cm³/mol. The summed E-state index contributed by atoms with van der Waals surface area (Å²) in [7, 11) is 0. The molecule has 0 aliphatic carbocycles. The molecule has 0 saturated carbocycles. The van der Waals surface area contributed by atoms with Crippen LogP contribution in [0.1, 0.15) is 37.5 Å². The Morgan fingerprint density at radius 1 is 1.00 bits per heavy atom. The average molecular weight is 407 g/mol. The average Bonchev–Trinajstić information content (AvgIpc) is 2.70. The van der Waals surface area contributed by atoms with Crippen LogP contribution in [0.2, 0.25) is 0 Å². The second-order valence-electron chi connectivity index (χ2n) is 7.85. The van der Waals surface area contributed by atoms with Gasteiger partial charge >= 0.3 is 0 Å². The quantitative estimate of drug-likeness (QED) is 0.577. The van der Waals surface area contributed by atoms with E-state index in [0.29, 0.717) is 24.2 Å². The van der Waals surface area contributed by atoms with Crippen molar-refractivity contribution in [1.29, 1.82) is 0 Å². The first-order valence-electron chi connectivity index (χ1n) is 9.60. The molecule has 0 aliphatic rings. The number of aliphatic hydroxyl groups excluding tert-OH is 2. The number of hydrogen-bond donors (Lipinski definition) is 2. The summed E-state index contributed by atoms with van der Waals surface area (Å²) in [5.41, 5.74) is 3.28. The molecule has 0 spiro atoms. The number of alkyl halides is 1. The fraction of sp³-hybridized carbons (Fsp3) is 0.478. The van der Waals surface area contributed by atoms with Crippen LogP contribution in [0.15, 0.2) is 42.5 Å². The van der Waals surface area contributed by atoms with Gasteiger partial charge in [0.25, 0.3) is 0 Å². The molecule has 0 saturated heterocycles. The predicted octanol–water partition coefficient (Wildman–Crippen LogP) is 4.31. The monoisotopic (exact) mass is 406 g/mol. The second-order valence-corrected chi connectivity index (χ2v) is 8.16. The van der Waals surface area contributed by atoms with Crippen LogP contribution in [0.4, 0.5) is 0 Å². The molecule has 0 amide bonds. The molecule has 2 aromatic carbocycles. The van der Waals surface area contributed by atoms with Gasteiger partial charge in [0.2, 0.25) is 0 Å². The van der Waals surface area contributed by atoms with Crippen molar-refractivity contribution < 1.29 is 19.7 Å². The molecule has 28 heavy (non-hydrogen) atoms. The lowest BCUT2D eigenvalue weighted by Gasteiger charge is -2.27. The fourth-order valence-corrected chi connectivity index (χ4v) is 2.95. The van der Waals surface area contributed by atoms with Crippen molar-refractivity contribution in [3.8, 4) is 11.5 Å². The van der Waals surface area contributed by atoms with Crippen LogP contribution in [-0.4, -0.2) is 42.0 Å². The van der Waals surface area contributed by atoms with Gasteiger partial charge in [0.1, 0.15) is 24.2 Å². The molecule has 2 aromatic rings. The molecular weight excluding hydrogens is 376 g/mol. The number of aliphatic hydroxyl groups is 2. The molecule has 0 bridgehead atoms. The van der Waals surface area contributed by atoms with Crippen LogP contribution in [-0.2, 0) is 5.41 Å². The molecule has 0 fully saturated rings. The van der Waals surface area contributed by atoms with E-state index in [0.717, 1.165) is 16.9 Å². The van der Waals surface area contributed by atoms with E-state index >= 15 is 0 Å². The first-order valence-corrected chi connectivity index (χ1v) is 10.1. The first kappa shape index (κ1) is 22.5. The highest BCUT2D eigenvalue weighted by Gasteiger charge is 2.24. The third kappa shape index (κ3) is 5.87. The molecule has 5 heteroatoms. The number of aryl methyl sites for hydroxylation is 1. The summed E-state index contributed by atoms with van der Waals surface area (Å²) >= 11 is 5.85. The molecule has 2 N–H and O–H groups in total. The fourth-order valence-electron chi connectivity index (χ4n) is 2.86. The van der Waals surface area contributed by atoms with Crippen LogP contribution in [0.5, 0.6) is 11.5 Å². The van der Waals surface area contributed by atoms with Gasteiger partial charge in [-0.1, -0.05) is 45.0 Å². The van der Waals surface area contributed by atoms with Crippen molar-refractivity contribution in [3.63, 3.8) is 0 Å². The maximum atomic E-state index is 9.39. The largest absolute Gasteiger partial charge is 0.493 e. The van der Waals surface area contributed by atoms with Crippen LogP contribution >= 0.6 is 11.6 Å². The Bertz CT molecular complexity index is 743. The second kappa shape index (κ2) is 10.1. The van der Waals surface area contributed by atoms with Gasteiger partial charge in [0, 0.05) is 17.2 Å². The number of ether oxygens (including phenoxy) is 2. The zero-order valence-electron chi connectivity index (χ0n) is 17.1. The van der Waals surface area contributed by atoms with E-state index < -0.39 is 6.10 Å². The van der Waals surface area contributed by atoms with E-state index in [2.05, 4.69) is 39.8 Å². The number of halogens is 1. The van der Waals surface area contributed by atoms with E-state index in [1.165, 1.54) is 5.56 Å². The number of rotatable bonds is 10. The van der Waals surface area contributed by atoms with Crippen molar-refractivity contribution >= 4 is 11.6 Å². The van der Waals surface area contributed by atoms with Crippen LogP contribution in [0.3, 0.4) is 0 Å². The minimum Gasteiger partial charge on any atom is -0.493 e. The van der Waals surface area contributed by atoms with Crippen molar-refractivity contribution in [2.75, 3.05) is 25.7 Å². The van der Waals surface area contributed by atoms with Gasteiger partial charge < -0.3 is 19.7 Å². The third-order valence-corrected chi connectivity index (χ3v) is 5.44. The zero-order valence-corrected chi connectivity index (χ0v) is 17.9. The Labute approximate surface area is 173 Å². The molecular formula is C23H31ClO4. The van der Waals surface area contributed by atoms with Gasteiger partial charge in [0.05, 0.1) is 13.2 Å². The van der Waals surface area contributed by atoms with E-state index in [-0.39, 0.29) is 18.6 Å². The minimum absolute atomic E-state index is 0.0717. The Hall–Kier alpha value is -1.75. The maximum Gasteiger partial charge on any atom is 0.122 e. The molecule has 0 unspecified atom stereocenters. The Morgan fingerprint density at radius 2 is 1.64 bits per heavy atom. The molecule has 0 aromatic heterocycles. The molecule has 0 radical (unpaired) electrons. The minimum atomic E-state index is -0.868. The lowest BCUT2D eigenvalue weighted by molar-refractivity contribution is 0.0536. The highest BCUT2D eigenvalue weighted by Crippen LogP contribution is 2.34.